The average Bonchev–Trinajstić information content (AvgIpc) is 2.72. The molecule has 0 saturated carbocycles. The second-order valence-corrected chi connectivity index (χ2v) is 10.8. The Morgan fingerprint density at radius 2 is 1.62 bits per heavy atom. The number of carbonyl (C=O) groups excluding carboxylic acids is 1. The molecule has 3 rings (SSSR count). The van der Waals surface area contributed by atoms with Gasteiger partial charge in [0.05, 0.1) is 11.9 Å². The van der Waals surface area contributed by atoms with E-state index in [9.17, 15) is 13.2 Å². The molecule has 174 valence electrons. The maximum absolute atomic E-state index is 13.0. The Bertz CT molecular complexity index is 1030. The number of piperidine rings is 1. The number of anilines is 1. The fraction of sp³-hybridized carbons (Fsp3) is 0.480. The maximum atomic E-state index is 13.0. The zero-order valence-electron chi connectivity index (χ0n) is 19.6. The fourth-order valence-corrected chi connectivity index (χ4v) is 5.62. The van der Waals surface area contributed by atoms with Crippen LogP contribution in [0.2, 0.25) is 0 Å². The van der Waals surface area contributed by atoms with E-state index < -0.39 is 16.1 Å². The summed E-state index contributed by atoms with van der Waals surface area (Å²) in [6.45, 7) is 8.93. The van der Waals surface area contributed by atoms with Gasteiger partial charge in [0.2, 0.25) is 15.9 Å². The summed E-state index contributed by atoms with van der Waals surface area (Å²) in [5.41, 5.74) is 4.69. The first-order valence-electron chi connectivity index (χ1n) is 11.3. The fourth-order valence-electron chi connectivity index (χ4n) is 4.46. The van der Waals surface area contributed by atoms with E-state index >= 15 is 0 Å². The molecular weight excluding hydrogens is 422 g/mol. The van der Waals surface area contributed by atoms with E-state index in [4.69, 9.17) is 0 Å². The van der Waals surface area contributed by atoms with Crippen LogP contribution in [0, 0.1) is 13.8 Å². The van der Waals surface area contributed by atoms with E-state index in [2.05, 4.69) is 16.3 Å². The van der Waals surface area contributed by atoms with E-state index in [1.807, 2.05) is 38.1 Å². The lowest BCUT2D eigenvalue weighted by atomic mass is 10.0. The van der Waals surface area contributed by atoms with Crippen LogP contribution in [-0.2, 0) is 27.9 Å². The lowest BCUT2D eigenvalue weighted by Gasteiger charge is -2.29. The molecule has 2 aromatic carbocycles. The average molecular weight is 458 g/mol. The topological polar surface area (TPSA) is 69.7 Å². The van der Waals surface area contributed by atoms with Gasteiger partial charge in [-0.25, -0.2) is 8.42 Å². The van der Waals surface area contributed by atoms with Crippen LogP contribution in [0.5, 0.6) is 0 Å². The van der Waals surface area contributed by atoms with Crippen molar-refractivity contribution in [1.29, 1.82) is 0 Å². The molecule has 1 fully saturated rings. The highest BCUT2D eigenvalue weighted by atomic mass is 32.2. The third-order valence-corrected chi connectivity index (χ3v) is 7.21. The highest BCUT2D eigenvalue weighted by Crippen LogP contribution is 2.24. The molecule has 32 heavy (non-hydrogen) atoms. The molecule has 1 heterocycles. The van der Waals surface area contributed by atoms with Gasteiger partial charge in [0.15, 0.2) is 0 Å². The first-order chi connectivity index (χ1) is 15.1. The van der Waals surface area contributed by atoms with Crippen molar-refractivity contribution in [2.75, 3.05) is 23.7 Å². The van der Waals surface area contributed by atoms with Crippen LogP contribution in [0.4, 0.5) is 5.69 Å². The zero-order valence-corrected chi connectivity index (χ0v) is 20.4. The third kappa shape index (κ3) is 6.33. The quantitative estimate of drug-likeness (QED) is 0.655. The van der Waals surface area contributed by atoms with E-state index in [-0.39, 0.29) is 5.91 Å². The minimum Gasteiger partial charge on any atom is -0.350 e. The van der Waals surface area contributed by atoms with Crippen LogP contribution in [0.3, 0.4) is 0 Å². The minimum atomic E-state index is -3.64. The van der Waals surface area contributed by atoms with E-state index in [1.54, 1.807) is 19.1 Å². The molecule has 1 aliphatic rings. The summed E-state index contributed by atoms with van der Waals surface area (Å²) in [6.07, 6.45) is 4.90. The molecule has 7 heteroatoms. The molecule has 2 aromatic rings. The van der Waals surface area contributed by atoms with Crippen molar-refractivity contribution in [2.45, 2.75) is 59.2 Å². The Hall–Kier alpha value is -2.38. The summed E-state index contributed by atoms with van der Waals surface area (Å²) in [7, 11) is -3.64. The number of nitrogens with one attached hydrogen (secondary N) is 1. The van der Waals surface area contributed by atoms with Crippen LogP contribution in [-0.4, -0.2) is 44.6 Å². The summed E-state index contributed by atoms with van der Waals surface area (Å²) in [5, 5.41) is 2.96. The van der Waals surface area contributed by atoms with E-state index in [1.165, 1.54) is 29.1 Å². The van der Waals surface area contributed by atoms with Crippen LogP contribution in [0.25, 0.3) is 0 Å². The summed E-state index contributed by atoms with van der Waals surface area (Å²) < 4.78 is 26.4. The summed E-state index contributed by atoms with van der Waals surface area (Å²) in [5.74, 6) is -0.317. The molecule has 0 radical (unpaired) electrons. The predicted octanol–water partition coefficient (Wildman–Crippen LogP) is 3.76. The van der Waals surface area contributed by atoms with Gasteiger partial charge in [-0.3, -0.25) is 14.0 Å². The Labute approximate surface area is 192 Å². The minimum absolute atomic E-state index is 0.317. The summed E-state index contributed by atoms with van der Waals surface area (Å²) in [6, 6.07) is 12.9. The van der Waals surface area contributed by atoms with Crippen LogP contribution < -0.4 is 9.62 Å². The van der Waals surface area contributed by atoms with E-state index in [0.717, 1.165) is 42.6 Å². The van der Waals surface area contributed by atoms with Crippen molar-refractivity contribution < 1.29 is 13.2 Å². The van der Waals surface area contributed by atoms with Crippen molar-refractivity contribution in [3.63, 3.8) is 0 Å². The highest BCUT2D eigenvalue weighted by molar-refractivity contribution is 7.92. The SMILES string of the molecule is Cc1cc(C)cc(N([C@@H](C)C(=O)NCc2ccccc2CN2CCCCC2)S(C)(=O)=O)c1. The van der Waals surface area contributed by atoms with Gasteiger partial charge in [-0.1, -0.05) is 36.8 Å². The smallest absolute Gasteiger partial charge is 0.243 e. The lowest BCUT2D eigenvalue weighted by Crippen LogP contribution is -2.47. The number of rotatable bonds is 8. The summed E-state index contributed by atoms with van der Waals surface area (Å²) in [4.78, 5) is 15.5. The Morgan fingerprint density at radius 1 is 1.03 bits per heavy atom. The molecule has 0 aromatic heterocycles. The lowest BCUT2D eigenvalue weighted by molar-refractivity contribution is -0.122. The largest absolute Gasteiger partial charge is 0.350 e. The number of aryl methyl sites for hydroxylation is 2. The van der Waals surface area contributed by atoms with Crippen LogP contribution in [0.15, 0.2) is 42.5 Å². The highest BCUT2D eigenvalue weighted by Gasteiger charge is 2.29. The van der Waals surface area contributed by atoms with Gasteiger partial charge in [0.1, 0.15) is 6.04 Å². The molecule has 1 N–H and O–H groups in total. The molecule has 0 aliphatic carbocycles. The number of amides is 1. The first-order valence-corrected chi connectivity index (χ1v) is 13.1. The first kappa shape index (κ1) is 24.3. The second-order valence-electron chi connectivity index (χ2n) is 8.90. The number of nitrogens with zero attached hydrogens (tertiary/aromatic N) is 2. The normalized spacial score (nSPS) is 15.9. The van der Waals surface area contributed by atoms with Gasteiger partial charge in [-0.05, 0) is 81.1 Å². The van der Waals surface area contributed by atoms with Gasteiger partial charge in [-0.15, -0.1) is 0 Å². The molecule has 0 unspecified atom stereocenters. The van der Waals surface area contributed by atoms with Gasteiger partial charge in [0, 0.05) is 13.1 Å². The van der Waals surface area contributed by atoms with E-state index in [0.29, 0.717) is 12.2 Å². The monoisotopic (exact) mass is 457 g/mol. The molecule has 0 spiro atoms. The van der Waals surface area contributed by atoms with Crippen LogP contribution in [0.1, 0.15) is 48.4 Å². The molecule has 1 atom stereocenters. The molecule has 1 saturated heterocycles. The van der Waals surface area contributed by atoms with Gasteiger partial charge in [0.25, 0.3) is 0 Å². The number of hydrogen-bond acceptors (Lipinski definition) is 4. The van der Waals surface area contributed by atoms with Gasteiger partial charge in [-0.2, -0.15) is 0 Å². The molecule has 1 amide bonds. The number of carbonyl (C=O) groups is 1. The van der Waals surface area contributed by atoms with Crippen molar-refractivity contribution in [3.05, 3.63) is 64.7 Å². The molecular formula is C25H35N3O3S. The van der Waals surface area contributed by atoms with Crippen molar-refractivity contribution >= 4 is 21.6 Å². The maximum Gasteiger partial charge on any atom is 0.243 e. The van der Waals surface area contributed by atoms with Crippen molar-refractivity contribution in [2.24, 2.45) is 0 Å². The number of benzene rings is 2. The van der Waals surface area contributed by atoms with Gasteiger partial charge >= 0.3 is 0 Å². The molecule has 0 bridgehead atoms. The molecule has 1 aliphatic heterocycles. The van der Waals surface area contributed by atoms with Crippen molar-refractivity contribution in [3.8, 4) is 0 Å². The second kappa shape index (κ2) is 10.5. The van der Waals surface area contributed by atoms with Gasteiger partial charge < -0.3 is 5.32 Å². The number of likely N-dealkylation sites (tertiary alicyclic amines) is 1. The van der Waals surface area contributed by atoms with Crippen molar-refractivity contribution in [1.82, 2.24) is 10.2 Å². The molecule has 6 nitrogen and oxygen atoms in total. The standard InChI is InChI=1S/C25H35N3O3S/c1-19-14-20(2)16-24(15-19)28(32(4,30)31)21(3)25(29)26-17-22-10-6-7-11-23(22)18-27-12-8-5-9-13-27/h6-7,10-11,14-16,21H,5,8-9,12-13,17-18H2,1-4H3,(H,26,29)/t21-/m0/s1. The Balaban J connectivity index is 1.73. The Kier molecular flexibility index (Phi) is 7.96. The Morgan fingerprint density at radius 3 is 2.22 bits per heavy atom. The number of sulfonamides is 1. The predicted molar refractivity (Wildman–Crippen MR) is 130 cm³/mol. The van der Waals surface area contributed by atoms with Crippen LogP contribution >= 0.6 is 0 Å². The zero-order chi connectivity index (χ0) is 23.3. The number of hydrogen-bond donors (Lipinski definition) is 1. The third-order valence-electron chi connectivity index (χ3n) is 5.96. The summed E-state index contributed by atoms with van der Waals surface area (Å²) >= 11 is 0.